The third kappa shape index (κ3) is 47.9. The van der Waals surface area contributed by atoms with E-state index < -0.39 is 33.2 Å². The van der Waals surface area contributed by atoms with Crippen LogP contribution in [0.3, 0.4) is 0 Å². The second kappa shape index (κ2) is 48.9. The van der Waals surface area contributed by atoms with E-state index in [-0.39, 0.29) is 25.6 Å². The van der Waals surface area contributed by atoms with E-state index >= 15 is 0 Å². The van der Waals surface area contributed by atoms with Crippen LogP contribution in [0.2, 0.25) is 0 Å². The first-order valence-corrected chi connectivity index (χ1v) is 27.1. The minimum Gasteiger partial charge on any atom is -0.457 e. The number of phosphoric ester groups is 1. The largest absolute Gasteiger partial charge is 0.472 e. The van der Waals surface area contributed by atoms with Crippen LogP contribution >= 0.6 is 7.82 Å². The summed E-state index contributed by atoms with van der Waals surface area (Å²) in [7, 11) is -4.52. The van der Waals surface area contributed by atoms with E-state index in [0.717, 1.165) is 70.6 Å². The van der Waals surface area contributed by atoms with Crippen molar-refractivity contribution in [1.82, 2.24) is 0 Å². The van der Waals surface area contributed by atoms with Gasteiger partial charge in [0.1, 0.15) is 12.2 Å². The van der Waals surface area contributed by atoms with Crippen molar-refractivity contribution in [3.63, 3.8) is 0 Å². The van der Waals surface area contributed by atoms with Crippen LogP contribution in [0.15, 0.2) is 48.6 Å². The normalized spacial score (nSPS) is 14.2. The van der Waals surface area contributed by atoms with Gasteiger partial charge in [0, 0.05) is 13.0 Å². The molecule has 0 saturated heterocycles. The highest BCUT2D eigenvalue weighted by atomic mass is 31.2. The van der Waals surface area contributed by atoms with E-state index in [1.54, 1.807) is 0 Å². The molecule has 0 saturated carbocycles. The van der Waals surface area contributed by atoms with Crippen molar-refractivity contribution in [1.29, 1.82) is 0 Å². The van der Waals surface area contributed by atoms with Gasteiger partial charge in [0.05, 0.1) is 26.4 Å². The molecule has 0 bridgehead atoms. The van der Waals surface area contributed by atoms with Crippen LogP contribution in [0, 0.1) is 0 Å². The lowest BCUT2D eigenvalue weighted by Crippen LogP contribution is -2.29. The van der Waals surface area contributed by atoms with Crippen molar-refractivity contribution < 1.29 is 43.0 Å². The summed E-state index contributed by atoms with van der Waals surface area (Å²) in [6.07, 6.45) is 56.5. The molecule has 10 heteroatoms. The molecule has 0 aromatic carbocycles. The van der Waals surface area contributed by atoms with E-state index in [1.807, 2.05) is 0 Å². The fraction of sp³-hybridized carbons (Fsp3) is 0.827. The minimum absolute atomic E-state index is 0.0467. The molecule has 0 aromatic rings. The Balaban J connectivity index is 4.07. The smallest absolute Gasteiger partial charge is 0.457 e. The van der Waals surface area contributed by atoms with Crippen LogP contribution in [0.5, 0.6) is 0 Å². The number of esters is 1. The lowest BCUT2D eigenvalue weighted by molar-refractivity contribution is -0.154. The lowest BCUT2D eigenvalue weighted by Gasteiger charge is -2.20. The summed E-state index contributed by atoms with van der Waals surface area (Å²) in [6.45, 7) is 3.43. The predicted molar refractivity (Wildman–Crippen MR) is 260 cm³/mol. The van der Waals surface area contributed by atoms with Gasteiger partial charge in [-0.15, -0.1) is 0 Å². The zero-order valence-corrected chi connectivity index (χ0v) is 41.0. The number of allylic oxidation sites excluding steroid dienone is 8. The van der Waals surface area contributed by atoms with Crippen molar-refractivity contribution >= 4 is 13.8 Å². The van der Waals surface area contributed by atoms with Crippen molar-refractivity contribution in [2.24, 2.45) is 0 Å². The van der Waals surface area contributed by atoms with E-state index in [1.165, 1.54) is 141 Å². The summed E-state index contributed by atoms with van der Waals surface area (Å²) < 4.78 is 33.5. The van der Waals surface area contributed by atoms with Gasteiger partial charge in [0.2, 0.25) is 0 Å². The van der Waals surface area contributed by atoms with Gasteiger partial charge in [-0.25, -0.2) is 4.57 Å². The van der Waals surface area contributed by atoms with Crippen LogP contribution < -0.4 is 0 Å². The van der Waals surface area contributed by atoms with E-state index in [2.05, 4.69) is 62.5 Å². The van der Waals surface area contributed by atoms with Crippen LogP contribution in [-0.2, 0) is 27.9 Å². The first-order valence-electron chi connectivity index (χ1n) is 25.6. The number of carbonyl (C=O) groups excluding carboxylic acids is 1. The number of hydrogen-bond donors (Lipinski definition) is 3. The van der Waals surface area contributed by atoms with Crippen LogP contribution in [0.4, 0.5) is 0 Å². The Morgan fingerprint density at radius 2 is 0.919 bits per heavy atom. The number of aliphatic hydroxyl groups excluding tert-OH is 2. The van der Waals surface area contributed by atoms with Gasteiger partial charge < -0.3 is 24.6 Å². The molecule has 3 N–H and O–H groups in total. The van der Waals surface area contributed by atoms with Crippen LogP contribution in [-0.4, -0.2) is 66.3 Å². The van der Waals surface area contributed by atoms with Gasteiger partial charge in [-0.1, -0.05) is 223 Å². The van der Waals surface area contributed by atoms with Crippen LogP contribution in [0.25, 0.3) is 0 Å². The molecule has 0 spiro atoms. The van der Waals surface area contributed by atoms with Gasteiger partial charge in [0.25, 0.3) is 0 Å². The first kappa shape index (κ1) is 60.4. The molecule has 9 nitrogen and oxygen atoms in total. The lowest BCUT2D eigenvalue weighted by atomic mass is 10.0. The quantitative estimate of drug-likeness (QED) is 0.0236. The Labute approximate surface area is 381 Å². The highest BCUT2D eigenvalue weighted by Crippen LogP contribution is 2.43. The van der Waals surface area contributed by atoms with Gasteiger partial charge in [-0.3, -0.25) is 13.8 Å². The molecule has 0 aromatic heterocycles. The van der Waals surface area contributed by atoms with E-state index in [4.69, 9.17) is 23.6 Å². The van der Waals surface area contributed by atoms with Crippen LogP contribution in [0.1, 0.15) is 232 Å². The molecule has 0 heterocycles. The van der Waals surface area contributed by atoms with E-state index in [0.29, 0.717) is 6.61 Å². The summed E-state index contributed by atoms with van der Waals surface area (Å²) in [6, 6.07) is 0. The molecule has 3 unspecified atom stereocenters. The SMILES string of the molecule is CC/C=C\C/C=C\C/C=C\C/C=C\CCCCCCCCCCCOCC(COP(=O)(O)OCC(O)CO)OC(=O)CCCCCCCCCCCCCCCCCCCCC. The Hall–Kier alpha value is -1.58. The van der Waals surface area contributed by atoms with Crippen molar-refractivity contribution in [3.05, 3.63) is 48.6 Å². The average molecular weight is 897 g/mol. The Bertz CT molecular complexity index is 1110. The predicted octanol–water partition coefficient (Wildman–Crippen LogP) is 14.9. The third-order valence-electron chi connectivity index (χ3n) is 11.0. The summed E-state index contributed by atoms with van der Waals surface area (Å²) in [4.78, 5) is 22.7. The second-order valence-electron chi connectivity index (χ2n) is 17.2. The number of phosphoric acid groups is 1. The van der Waals surface area contributed by atoms with Gasteiger partial charge in [-0.2, -0.15) is 0 Å². The Morgan fingerprint density at radius 3 is 1.39 bits per heavy atom. The number of aliphatic hydroxyl groups is 2. The number of carbonyl (C=O) groups is 1. The maximum absolute atomic E-state index is 12.7. The monoisotopic (exact) mass is 897 g/mol. The fourth-order valence-electron chi connectivity index (χ4n) is 7.17. The zero-order chi connectivity index (χ0) is 45.3. The summed E-state index contributed by atoms with van der Waals surface area (Å²) in [5, 5.41) is 18.4. The molecule has 0 radical (unpaired) electrons. The number of hydrogen-bond acceptors (Lipinski definition) is 8. The molecular formula is C52H97O9P. The molecule has 0 aliphatic heterocycles. The highest BCUT2D eigenvalue weighted by molar-refractivity contribution is 7.47. The summed E-state index contributed by atoms with van der Waals surface area (Å²) >= 11 is 0. The van der Waals surface area contributed by atoms with Gasteiger partial charge >= 0.3 is 13.8 Å². The molecule has 364 valence electrons. The minimum atomic E-state index is -4.52. The average Bonchev–Trinajstić information content (AvgIpc) is 3.26. The summed E-state index contributed by atoms with van der Waals surface area (Å²) in [5.74, 6) is -0.381. The van der Waals surface area contributed by atoms with Crippen molar-refractivity contribution in [2.75, 3.05) is 33.0 Å². The number of rotatable bonds is 49. The van der Waals surface area contributed by atoms with Crippen molar-refractivity contribution in [3.8, 4) is 0 Å². The molecule has 62 heavy (non-hydrogen) atoms. The molecular weight excluding hydrogens is 800 g/mol. The molecule has 0 aliphatic carbocycles. The summed E-state index contributed by atoms with van der Waals surface area (Å²) in [5.41, 5.74) is 0. The maximum atomic E-state index is 12.7. The van der Waals surface area contributed by atoms with E-state index in [9.17, 15) is 19.4 Å². The number of unbranched alkanes of at least 4 members (excludes halogenated alkanes) is 27. The standard InChI is InChI=1S/C52H97O9P/c1-3-5-7-9-11-13-15-17-19-21-23-24-25-27-29-31-33-35-37-39-41-43-45-58-48-51(49-60-62(56,57)59-47-50(54)46-53)61-52(55)44-42-40-38-36-34-32-30-28-26-22-20-18-16-14-12-10-8-6-4-2/h5,7,11,13,17,19,23-24,50-51,53-54H,3-4,6,8-10,12,14-16,18,20-22,25-49H2,1-2H3,(H,56,57)/b7-5-,13-11-,19-17-,24-23-. The molecule has 3 atom stereocenters. The topological polar surface area (TPSA) is 132 Å². The van der Waals surface area contributed by atoms with Gasteiger partial charge in [0.15, 0.2) is 0 Å². The molecule has 0 rings (SSSR count). The van der Waals surface area contributed by atoms with Gasteiger partial charge in [-0.05, 0) is 51.4 Å². The highest BCUT2D eigenvalue weighted by Gasteiger charge is 2.26. The second-order valence-corrected chi connectivity index (χ2v) is 18.6. The fourth-order valence-corrected chi connectivity index (χ4v) is 7.96. The number of ether oxygens (including phenoxy) is 2. The molecule has 0 aliphatic rings. The Kier molecular flexibility index (Phi) is 47.6. The molecule has 0 fully saturated rings. The maximum Gasteiger partial charge on any atom is 0.472 e. The molecule has 0 amide bonds. The zero-order valence-electron chi connectivity index (χ0n) is 40.1. The Morgan fingerprint density at radius 1 is 0.516 bits per heavy atom. The van der Waals surface area contributed by atoms with Crippen molar-refractivity contribution in [2.45, 2.75) is 244 Å². The first-order chi connectivity index (χ1) is 30.3. The third-order valence-corrected chi connectivity index (χ3v) is 12.0.